The van der Waals surface area contributed by atoms with Crippen LogP contribution in [0.15, 0.2) is 27.6 Å². The van der Waals surface area contributed by atoms with Gasteiger partial charge in [0.25, 0.3) is 5.12 Å². The molecular formula is C8H3BrO2S. The zero-order chi connectivity index (χ0) is 8.72. The van der Waals surface area contributed by atoms with Crippen molar-refractivity contribution in [2.24, 2.45) is 0 Å². The Morgan fingerprint density at radius 3 is 2.75 bits per heavy atom. The van der Waals surface area contributed by atoms with Gasteiger partial charge >= 0.3 is 0 Å². The van der Waals surface area contributed by atoms with E-state index in [2.05, 4.69) is 15.9 Å². The number of thioether (sulfide) groups is 1. The lowest BCUT2D eigenvalue weighted by molar-refractivity contribution is -0.107. The summed E-state index contributed by atoms with van der Waals surface area (Å²) in [5.41, 5.74) is 0.521. The van der Waals surface area contributed by atoms with Gasteiger partial charge in [0.1, 0.15) is 0 Å². The van der Waals surface area contributed by atoms with Gasteiger partial charge in [-0.3, -0.25) is 9.59 Å². The highest BCUT2D eigenvalue weighted by molar-refractivity contribution is 9.10. The van der Waals surface area contributed by atoms with Crippen molar-refractivity contribution in [1.82, 2.24) is 0 Å². The maximum atomic E-state index is 11.1. The van der Waals surface area contributed by atoms with Gasteiger partial charge in [0.05, 0.1) is 0 Å². The van der Waals surface area contributed by atoms with Crippen LogP contribution >= 0.6 is 27.7 Å². The number of carbonyl (C=O) groups excluding carboxylic acids is 2. The first-order valence-electron chi connectivity index (χ1n) is 3.24. The van der Waals surface area contributed by atoms with Crippen molar-refractivity contribution >= 4 is 38.6 Å². The second-order valence-corrected chi connectivity index (χ2v) is 4.29. The SMILES string of the molecule is O=C1Sc2cc(Br)ccc2C1=O. The molecule has 0 bridgehead atoms. The Morgan fingerprint density at radius 2 is 2.00 bits per heavy atom. The molecule has 2 rings (SSSR count). The summed E-state index contributed by atoms with van der Waals surface area (Å²) >= 11 is 4.26. The highest BCUT2D eigenvalue weighted by Gasteiger charge is 2.28. The van der Waals surface area contributed by atoms with Gasteiger partial charge in [0, 0.05) is 14.9 Å². The first-order chi connectivity index (χ1) is 5.68. The first kappa shape index (κ1) is 8.01. The van der Waals surface area contributed by atoms with Crippen LogP contribution < -0.4 is 0 Å². The molecule has 1 aliphatic heterocycles. The van der Waals surface area contributed by atoms with Crippen molar-refractivity contribution in [2.75, 3.05) is 0 Å². The van der Waals surface area contributed by atoms with E-state index < -0.39 is 0 Å². The average molecular weight is 243 g/mol. The summed E-state index contributed by atoms with van der Waals surface area (Å²) in [7, 11) is 0. The maximum absolute atomic E-state index is 11.1. The van der Waals surface area contributed by atoms with E-state index in [-0.39, 0.29) is 10.9 Å². The van der Waals surface area contributed by atoms with Crippen molar-refractivity contribution in [3.05, 3.63) is 28.2 Å². The molecule has 0 radical (unpaired) electrons. The molecule has 0 fully saturated rings. The summed E-state index contributed by atoms with van der Waals surface area (Å²) in [4.78, 5) is 22.8. The van der Waals surface area contributed by atoms with E-state index in [4.69, 9.17) is 0 Å². The molecule has 0 N–H and O–H groups in total. The normalized spacial score (nSPS) is 15.1. The molecule has 0 saturated carbocycles. The Labute approximate surface area is 81.5 Å². The van der Waals surface area contributed by atoms with Crippen molar-refractivity contribution < 1.29 is 9.59 Å². The van der Waals surface area contributed by atoms with Gasteiger partial charge < -0.3 is 0 Å². The van der Waals surface area contributed by atoms with Crippen LogP contribution in [0.5, 0.6) is 0 Å². The minimum atomic E-state index is -0.387. The fourth-order valence-electron chi connectivity index (χ4n) is 1.02. The molecule has 60 valence electrons. The number of hydrogen-bond acceptors (Lipinski definition) is 3. The highest BCUT2D eigenvalue weighted by atomic mass is 79.9. The average Bonchev–Trinajstić information content (AvgIpc) is 2.28. The summed E-state index contributed by atoms with van der Waals surface area (Å²) in [5, 5.41) is -0.386. The third-order valence-corrected chi connectivity index (χ3v) is 3.00. The van der Waals surface area contributed by atoms with Gasteiger partial charge in [0.15, 0.2) is 0 Å². The van der Waals surface area contributed by atoms with Crippen molar-refractivity contribution in [1.29, 1.82) is 0 Å². The third-order valence-electron chi connectivity index (χ3n) is 1.58. The Hall–Kier alpha value is -0.610. The minimum Gasteiger partial charge on any atom is -0.284 e. The number of Topliss-reactive ketones (excluding diaryl/α,β-unsaturated/α-hetero) is 1. The molecule has 1 heterocycles. The van der Waals surface area contributed by atoms with Gasteiger partial charge in [0.2, 0.25) is 5.78 Å². The molecule has 0 saturated heterocycles. The van der Waals surface area contributed by atoms with Crippen LogP contribution in [0.4, 0.5) is 0 Å². The lowest BCUT2D eigenvalue weighted by Crippen LogP contribution is -2.01. The molecule has 1 aromatic carbocycles. The van der Waals surface area contributed by atoms with Crippen LogP contribution in [0.25, 0.3) is 0 Å². The topological polar surface area (TPSA) is 34.1 Å². The Bertz CT molecular complexity index is 387. The largest absolute Gasteiger partial charge is 0.284 e. The van der Waals surface area contributed by atoms with Crippen LogP contribution in [0, 0.1) is 0 Å². The Morgan fingerprint density at radius 1 is 1.25 bits per heavy atom. The molecule has 1 aliphatic rings. The van der Waals surface area contributed by atoms with E-state index in [0.717, 1.165) is 21.1 Å². The fourth-order valence-corrected chi connectivity index (χ4v) is 2.40. The number of carbonyl (C=O) groups is 2. The standard InChI is InChI=1S/C8H3BrO2S/c9-4-1-2-5-6(3-4)12-8(11)7(5)10/h1-3H. The smallest absolute Gasteiger partial charge is 0.264 e. The van der Waals surface area contributed by atoms with Crippen LogP contribution in [0.2, 0.25) is 0 Å². The Balaban J connectivity index is 2.62. The molecule has 0 spiro atoms. The molecule has 0 aliphatic carbocycles. The summed E-state index contributed by atoms with van der Waals surface area (Å²) in [6, 6.07) is 5.21. The number of fused-ring (bicyclic) bond motifs is 1. The number of rotatable bonds is 0. The van der Waals surface area contributed by atoms with Crippen molar-refractivity contribution in [3.63, 3.8) is 0 Å². The molecule has 0 unspecified atom stereocenters. The molecule has 12 heavy (non-hydrogen) atoms. The number of halogens is 1. The zero-order valence-electron chi connectivity index (χ0n) is 5.83. The maximum Gasteiger partial charge on any atom is 0.264 e. The number of hydrogen-bond donors (Lipinski definition) is 0. The third kappa shape index (κ3) is 1.11. The first-order valence-corrected chi connectivity index (χ1v) is 4.85. The Kier molecular flexibility index (Phi) is 1.81. The second kappa shape index (κ2) is 2.71. The van der Waals surface area contributed by atoms with E-state index >= 15 is 0 Å². The van der Waals surface area contributed by atoms with Gasteiger partial charge in [-0.25, -0.2) is 0 Å². The van der Waals surface area contributed by atoms with E-state index in [9.17, 15) is 9.59 Å². The lowest BCUT2D eigenvalue weighted by Gasteiger charge is -1.93. The number of benzene rings is 1. The van der Waals surface area contributed by atoms with Crippen LogP contribution in [0.1, 0.15) is 10.4 Å². The van der Waals surface area contributed by atoms with E-state index in [1.807, 2.05) is 0 Å². The molecular weight excluding hydrogens is 240 g/mol. The lowest BCUT2D eigenvalue weighted by atomic mass is 10.1. The second-order valence-electron chi connectivity index (χ2n) is 2.36. The van der Waals surface area contributed by atoms with Crippen LogP contribution in [-0.4, -0.2) is 10.9 Å². The molecule has 0 amide bonds. The van der Waals surface area contributed by atoms with E-state index in [0.29, 0.717) is 5.56 Å². The van der Waals surface area contributed by atoms with E-state index in [1.54, 1.807) is 18.2 Å². The van der Waals surface area contributed by atoms with Crippen molar-refractivity contribution in [2.45, 2.75) is 4.90 Å². The highest BCUT2D eigenvalue weighted by Crippen LogP contribution is 2.34. The zero-order valence-corrected chi connectivity index (χ0v) is 8.24. The summed E-state index contributed by atoms with van der Waals surface area (Å²) in [6.07, 6.45) is 0. The summed E-state index contributed by atoms with van der Waals surface area (Å²) in [5.74, 6) is -0.387. The predicted octanol–water partition coefficient (Wildman–Crippen LogP) is 2.26. The van der Waals surface area contributed by atoms with Crippen LogP contribution in [-0.2, 0) is 4.79 Å². The van der Waals surface area contributed by atoms with Gasteiger partial charge in [-0.15, -0.1) is 0 Å². The van der Waals surface area contributed by atoms with Gasteiger partial charge in [-0.1, -0.05) is 15.9 Å². The molecule has 0 atom stereocenters. The molecule has 0 aromatic heterocycles. The summed E-state index contributed by atoms with van der Waals surface area (Å²) < 4.78 is 0.885. The van der Waals surface area contributed by atoms with Gasteiger partial charge in [-0.05, 0) is 30.0 Å². The van der Waals surface area contributed by atoms with Crippen molar-refractivity contribution in [3.8, 4) is 0 Å². The quantitative estimate of drug-likeness (QED) is 0.655. The molecule has 1 aromatic rings. The fraction of sp³-hybridized carbons (Fsp3) is 0. The van der Waals surface area contributed by atoms with Crippen LogP contribution in [0.3, 0.4) is 0 Å². The monoisotopic (exact) mass is 242 g/mol. The molecule has 4 heteroatoms. The predicted molar refractivity (Wildman–Crippen MR) is 49.3 cm³/mol. The van der Waals surface area contributed by atoms with E-state index in [1.165, 1.54) is 0 Å². The summed E-state index contributed by atoms with van der Waals surface area (Å²) in [6.45, 7) is 0. The van der Waals surface area contributed by atoms with Gasteiger partial charge in [-0.2, -0.15) is 0 Å². The minimum absolute atomic E-state index is 0.386. The molecule has 2 nitrogen and oxygen atoms in total. The number of ketones is 1.